The van der Waals surface area contributed by atoms with Crippen molar-refractivity contribution in [3.63, 3.8) is 0 Å². The van der Waals surface area contributed by atoms with Crippen LogP contribution in [0, 0.1) is 34.0 Å². The topological polar surface area (TPSA) is 333 Å². The van der Waals surface area contributed by atoms with Crippen LogP contribution >= 0.6 is 0 Å². The zero-order valence-corrected chi connectivity index (χ0v) is 65.7. The van der Waals surface area contributed by atoms with E-state index >= 15 is 0 Å². The van der Waals surface area contributed by atoms with Crippen molar-refractivity contribution < 1.29 is 47.9 Å². The molecule has 9 aromatic rings. The number of likely N-dealkylation sites (tertiary alicyclic amines) is 2. The van der Waals surface area contributed by atoms with Crippen LogP contribution in [0.3, 0.4) is 0 Å². The summed E-state index contributed by atoms with van der Waals surface area (Å²) in [6, 6.07) is 48.9. The summed E-state index contributed by atoms with van der Waals surface area (Å²) in [6.07, 6.45) is 8.87. The van der Waals surface area contributed by atoms with Crippen LogP contribution < -0.4 is 34.2 Å². The Morgan fingerprint density at radius 2 is 0.803 bits per heavy atom. The van der Waals surface area contributed by atoms with Gasteiger partial charge in [-0.3, -0.25) is 4.79 Å². The first kappa shape index (κ1) is 78.3. The molecule has 0 radical (unpaired) electrons. The van der Waals surface area contributed by atoms with Crippen molar-refractivity contribution >= 4 is 63.3 Å². The second-order valence-corrected chi connectivity index (χ2v) is 30.7. The zero-order chi connectivity index (χ0) is 80.4. The van der Waals surface area contributed by atoms with Crippen molar-refractivity contribution in [2.45, 2.75) is 89.6 Å². The van der Waals surface area contributed by atoms with Crippen molar-refractivity contribution in [1.29, 1.82) is 15.8 Å². The fraction of sp³-hybridized carbons (Fsp3) is 0.371. The summed E-state index contributed by atoms with van der Waals surface area (Å²) in [7, 11) is 0. The number of fused-ring (bicyclic) bond motifs is 3. The minimum Gasteiger partial charge on any atom is -0.489 e. The molecule has 9 aliphatic rings. The van der Waals surface area contributed by atoms with E-state index in [9.17, 15) is 25.4 Å². The molecule has 0 saturated carbocycles. The van der Waals surface area contributed by atoms with Gasteiger partial charge in [-0.15, -0.1) is 0 Å². The van der Waals surface area contributed by atoms with E-state index in [2.05, 4.69) is 141 Å². The number of carbonyl (C=O) groups excluding carboxylic acids is 2. The number of nitriles is 3. The monoisotopic (exact) mass is 1570 g/mol. The van der Waals surface area contributed by atoms with Gasteiger partial charge in [-0.2, -0.15) is 15.8 Å². The number of ether oxygens (including phenoxy) is 7. The number of nitrogens with zero attached hydrogens (tertiary/aromatic N) is 17. The van der Waals surface area contributed by atoms with Crippen molar-refractivity contribution in [2.24, 2.45) is 15.0 Å². The summed E-state index contributed by atoms with van der Waals surface area (Å²) in [5, 5.41) is 41.9. The van der Waals surface area contributed by atoms with Crippen LogP contribution in [0.2, 0.25) is 0 Å². The lowest BCUT2D eigenvalue weighted by Crippen LogP contribution is -2.42. The second kappa shape index (κ2) is 35.6. The Balaban J connectivity index is 0.000000132. The van der Waals surface area contributed by atoms with Crippen LogP contribution in [0.15, 0.2) is 161 Å². The normalized spacial score (nSPS) is 18.2. The number of hydrogen-bond donors (Lipinski definition) is 2. The van der Waals surface area contributed by atoms with Gasteiger partial charge in [-0.25, -0.2) is 49.7 Å². The highest BCUT2D eigenvalue weighted by molar-refractivity contribution is 6.09. The van der Waals surface area contributed by atoms with Gasteiger partial charge in [-0.1, -0.05) is 36.4 Å². The van der Waals surface area contributed by atoms with Crippen molar-refractivity contribution in [2.75, 3.05) is 139 Å². The average molecular weight is 1570 g/mol. The van der Waals surface area contributed by atoms with Crippen LogP contribution in [0.1, 0.15) is 96.9 Å². The Hall–Kier alpha value is -12.6. The number of piperidine rings is 1. The summed E-state index contributed by atoms with van der Waals surface area (Å²) < 4.78 is 40.3. The van der Waals surface area contributed by atoms with Crippen LogP contribution in [0.4, 0.5) is 38.9 Å². The second-order valence-electron chi connectivity index (χ2n) is 30.7. The largest absolute Gasteiger partial charge is 0.489 e. The molecule has 6 saturated heterocycles. The fourth-order valence-corrected chi connectivity index (χ4v) is 15.7. The molecule has 3 aromatic heterocycles. The van der Waals surface area contributed by atoms with E-state index in [4.69, 9.17) is 53.2 Å². The molecule has 117 heavy (non-hydrogen) atoms. The lowest BCUT2D eigenvalue weighted by Gasteiger charge is -2.32. The molecular weight excluding hydrogens is 1480 g/mol. The molecule has 0 spiro atoms. The van der Waals surface area contributed by atoms with Crippen molar-refractivity contribution in [1.82, 2.24) is 45.0 Å². The van der Waals surface area contributed by atoms with Gasteiger partial charge < -0.3 is 68.1 Å². The highest BCUT2D eigenvalue weighted by Gasteiger charge is 2.34. The number of aliphatic imine (C=N–C) groups is 3. The van der Waals surface area contributed by atoms with Gasteiger partial charge in [0.05, 0.1) is 114 Å². The summed E-state index contributed by atoms with van der Waals surface area (Å²) in [5.74, 6) is 1.33. The van der Waals surface area contributed by atoms with Crippen molar-refractivity contribution in [3.05, 3.63) is 197 Å². The molecule has 18 rings (SSSR count). The molecule has 596 valence electrons. The van der Waals surface area contributed by atoms with E-state index in [0.29, 0.717) is 110 Å². The molecule has 0 aliphatic carbocycles. The minimum absolute atomic E-state index is 0.0954. The molecule has 9 aliphatic heterocycles. The Morgan fingerprint density at radius 1 is 0.453 bits per heavy atom. The first-order valence-corrected chi connectivity index (χ1v) is 39.9. The van der Waals surface area contributed by atoms with Crippen LogP contribution in [-0.4, -0.2) is 223 Å². The van der Waals surface area contributed by atoms with E-state index in [-0.39, 0.29) is 30.3 Å². The third-order valence-corrected chi connectivity index (χ3v) is 21.9. The van der Waals surface area contributed by atoms with Gasteiger partial charge >= 0.3 is 6.09 Å². The smallest absolute Gasteiger partial charge is 0.410 e. The predicted octanol–water partition coefficient (Wildman–Crippen LogP) is 11.1. The average Bonchev–Trinajstić information content (AvgIpc) is 1.65. The maximum Gasteiger partial charge on any atom is 0.410 e. The van der Waals surface area contributed by atoms with E-state index in [1.54, 1.807) is 53.0 Å². The third-order valence-electron chi connectivity index (χ3n) is 21.9. The van der Waals surface area contributed by atoms with Crippen LogP contribution in [0.5, 0.6) is 17.2 Å². The fourth-order valence-electron chi connectivity index (χ4n) is 15.7. The number of morpholine rings is 3. The van der Waals surface area contributed by atoms with E-state index in [0.717, 1.165) is 189 Å². The zero-order valence-electron chi connectivity index (χ0n) is 65.7. The van der Waals surface area contributed by atoms with Gasteiger partial charge in [-0.05, 0) is 141 Å². The lowest BCUT2D eigenvalue weighted by atomic mass is 10.0. The highest BCUT2D eigenvalue weighted by atomic mass is 16.6. The number of aliphatic hydroxyl groups excluding tert-OH is 1. The molecular formula is C89H90N18O10. The van der Waals surface area contributed by atoms with E-state index in [1.807, 2.05) is 51.1 Å². The first-order chi connectivity index (χ1) is 57.2. The molecule has 0 bridgehead atoms. The summed E-state index contributed by atoms with van der Waals surface area (Å²) in [4.78, 5) is 76.4. The molecule has 6 aromatic carbocycles. The van der Waals surface area contributed by atoms with E-state index in [1.165, 1.54) is 17.1 Å². The first-order valence-electron chi connectivity index (χ1n) is 39.9. The van der Waals surface area contributed by atoms with Gasteiger partial charge in [0.1, 0.15) is 102 Å². The Morgan fingerprint density at radius 3 is 1.15 bits per heavy atom. The number of hydrogen-bond acceptors (Lipinski definition) is 26. The summed E-state index contributed by atoms with van der Waals surface area (Å²) in [5.41, 5.74) is 19.7. The molecule has 28 nitrogen and oxygen atoms in total. The molecule has 2 N–H and O–H groups in total. The molecule has 2 amide bonds. The van der Waals surface area contributed by atoms with Gasteiger partial charge in [0, 0.05) is 138 Å². The Labute approximate surface area is 678 Å². The number of anilines is 3. The number of benzene rings is 6. The molecule has 12 heterocycles. The van der Waals surface area contributed by atoms with Gasteiger partial charge in [0.2, 0.25) is 5.91 Å². The number of nitrogens with one attached hydrogen (secondary N) is 1. The van der Waals surface area contributed by atoms with Gasteiger partial charge in [0.15, 0.2) is 0 Å². The quantitative estimate of drug-likeness (QED) is 0.0907. The molecule has 2 atom stereocenters. The molecule has 0 unspecified atom stereocenters. The Bertz CT molecular complexity index is 5370. The number of carbonyl (C=O) groups is 2. The maximum atomic E-state index is 12.4. The molecule has 6 fully saturated rings. The number of amides is 2. The standard InChI is InChI=1S/C32H34N6O4.C30H30N6O4.C27H26N6O2/c1-32(2,3)42-31(39)38-11-10-25(19-38)41-28-9-6-22(16-23(28)18-33)29-30-27(34-20-35-29)17-26(36-30)21-4-7-24(8-5-21)37-12-14-40-15-13-37;31-17-22-15-21(3-6-27(22)40-24-7-9-36(10-8-24)28(38)18-37)29-30-26(32-19-33-29)16-25(34-30)20-1-4-23(5-2-20)35-11-13-39-14-12-35;28-15-20-13-19(3-6-25(20)35-22-7-8-29-16-22)26-27-24(30-17-31-26)14-23(32-27)18-1-4-21(5-2-18)33-9-11-34-12-10-33/h4-9,16,20,25H,10-15,17,19H2,1-3H3;1-6,15,19,24,37H,7-14,16,18H2;1-6,13,17,22,29H,7-12,14,16H2/t25-;;22-/m1.1/s1. The number of aliphatic hydroxyl groups is 1. The summed E-state index contributed by atoms with van der Waals surface area (Å²) in [6.45, 7) is 18.7. The highest BCUT2D eigenvalue weighted by Crippen LogP contribution is 2.42. The lowest BCUT2D eigenvalue weighted by molar-refractivity contribution is -0.135. The van der Waals surface area contributed by atoms with E-state index < -0.39 is 12.2 Å². The van der Waals surface area contributed by atoms with Crippen LogP contribution in [0.25, 0.3) is 33.8 Å². The van der Waals surface area contributed by atoms with Crippen LogP contribution in [-0.2, 0) is 43.0 Å². The maximum absolute atomic E-state index is 12.4. The SMILES string of the molecule is CC(C)(C)OC(=O)N1CC[C@@H](Oc2ccc(-c3ncnc4c3N=C(c3ccc(N5CCOCC5)cc3)C4)cc2C#N)C1.N#Cc1cc(-c2ncnc3c2N=C(c2ccc(N4CCOCC4)cc2)C3)ccc1OC1CCN(C(=O)CO)CC1.N#Cc1cc(-c2ncnc3c2N=C(c2ccc(N4CCOCC4)cc2)C3)ccc1O[C@@H]1CCNC1. The minimum atomic E-state index is -0.556. The predicted molar refractivity (Wildman–Crippen MR) is 441 cm³/mol. The number of aromatic nitrogens is 6. The molecule has 28 heteroatoms. The van der Waals surface area contributed by atoms with Crippen molar-refractivity contribution in [3.8, 4) is 69.2 Å². The third kappa shape index (κ3) is 18.2. The Kier molecular flexibility index (Phi) is 23.8. The van der Waals surface area contributed by atoms with Gasteiger partial charge in [0.25, 0.3) is 0 Å². The number of rotatable bonds is 16. The summed E-state index contributed by atoms with van der Waals surface area (Å²) >= 11 is 0.